The fourth-order valence-electron chi connectivity index (χ4n) is 1.47. The molecule has 1 aromatic rings. The average Bonchev–Trinajstić information content (AvgIpc) is 2.31. The van der Waals surface area contributed by atoms with Crippen LogP contribution in [0.1, 0.15) is 18.1 Å². The van der Waals surface area contributed by atoms with Crippen molar-refractivity contribution in [3.05, 3.63) is 35.4 Å². The van der Waals surface area contributed by atoms with Crippen molar-refractivity contribution in [2.24, 2.45) is 5.73 Å². The van der Waals surface area contributed by atoms with Crippen LogP contribution in [-0.4, -0.2) is 23.5 Å². The summed E-state index contributed by atoms with van der Waals surface area (Å²) < 4.78 is 0. The maximum atomic E-state index is 11.1. The lowest BCUT2D eigenvalue weighted by molar-refractivity contribution is -0.118. The van der Waals surface area contributed by atoms with Crippen LogP contribution in [0.25, 0.3) is 0 Å². The van der Waals surface area contributed by atoms with Crippen molar-refractivity contribution in [3.63, 3.8) is 0 Å². The topological polar surface area (TPSA) is 60.2 Å². The first-order valence-electron chi connectivity index (χ1n) is 5.44. The van der Waals surface area contributed by atoms with Crippen molar-refractivity contribution in [1.82, 2.24) is 0 Å². The first kappa shape index (κ1) is 13.9. The Balaban J connectivity index is 2.62. The van der Waals surface area contributed by atoms with Crippen LogP contribution in [0.2, 0.25) is 0 Å². The Morgan fingerprint density at radius 3 is 2.24 bits per heavy atom. The Bertz CT molecular complexity index is 400. The van der Waals surface area contributed by atoms with E-state index in [-0.39, 0.29) is 17.4 Å². The summed E-state index contributed by atoms with van der Waals surface area (Å²) >= 11 is 5.43. The number of halogens is 1. The highest BCUT2D eigenvalue weighted by atomic mass is 35.5. The summed E-state index contributed by atoms with van der Waals surface area (Å²) in [4.78, 5) is 22.2. The van der Waals surface area contributed by atoms with Gasteiger partial charge in [-0.25, -0.2) is 0 Å². The number of carbonyl (C=O) groups is 2. The highest BCUT2D eigenvalue weighted by Crippen LogP contribution is 2.08. The molecule has 4 heteroatoms. The second kappa shape index (κ2) is 6.52. The van der Waals surface area contributed by atoms with Crippen molar-refractivity contribution >= 4 is 23.2 Å². The molecule has 0 saturated heterocycles. The van der Waals surface area contributed by atoms with E-state index in [1.807, 2.05) is 24.3 Å². The third-order valence-electron chi connectivity index (χ3n) is 2.55. The van der Waals surface area contributed by atoms with E-state index in [2.05, 4.69) is 0 Å². The smallest absolute Gasteiger partial charge is 0.151 e. The number of hydrogen-bond acceptors (Lipinski definition) is 3. The maximum absolute atomic E-state index is 11.1. The summed E-state index contributed by atoms with van der Waals surface area (Å²) in [6.45, 7) is 1.48. The van der Waals surface area contributed by atoms with Gasteiger partial charge in [0, 0.05) is 6.42 Å². The monoisotopic (exact) mass is 253 g/mol. The molecule has 0 amide bonds. The quantitative estimate of drug-likeness (QED) is 0.782. The third kappa shape index (κ3) is 4.67. The van der Waals surface area contributed by atoms with Crippen LogP contribution < -0.4 is 5.73 Å². The summed E-state index contributed by atoms with van der Waals surface area (Å²) in [5, 5.41) is 0. The molecular weight excluding hydrogens is 238 g/mol. The van der Waals surface area contributed by atoms with Gasteiger partial charge in [0.2, 0.25) is 0 Å². The number of ketones is 2. The van der Waals surface area contributed by atoms with Gasteiger partial charge in [-0.05, 0) is 24.5 Å². The van der Waals surface area contributed by atoms with E-state index in [9.17, 15) is 9.59 Å². The summed E-state index contributed by atoms with van der Waals surface area (Å²) in [5.41, 5.74) is 7.59. The Labute approximate surface area is 106 Å². The van der Waals surface area contributed by atoms with Gasteiger partial charge in [0.25, 0.3) is 0 Å². The van der Waals surface area contributed by atoms with Gasteiger partial charge in [0.15, 0.2) is 5.78 Å². The summed E-state index contributed by atoms with van der Waals surface area (Å²) in [7, 11) is 0. The van der Waals surface area contributed by atoms with E-state index < -0.39 is 6.04 Å². The van der Waals surface area contributed by atoms with Gasteiger partial charge in [-0.3, -0.25) is 9.59 Å². The molecule has 92 valence electrons. The molecule has 0 heterocycles. The molecule has 0 saturated carbocycles. The molecule has 1 rings (SSSR count). The highest BCUT2D eigenvalue weighted by molar-refractivity contribution is 6.27. The Hall–Kier alpha value is -1.19. The lowest BCUT2D eigenvalue weighted by Crippen LogP contribution is -2.30. The van der Waals surface area contributed by atoms with Crippen molar-refractivity contribution in [3.8, 4) is 0 Å². The number of nitrogens with two attached hydrogens (primary N) is 1. The van der Waals surface area contributed by atoms with Crippen LogP contribution >= 0.6 is 11.6 Å². The molecule has 2 N–H and O–H groups in total. The lowest BCUT2D eigenvalue weighted by Gasteiger charge is -2.08. The molecule has 0 aliphatic heterocycles. The van der Waals surface area contributed by atoms with Gasteiger partial charge in [0.1, 0.15) is 5.78 Å². The van der Waals surface area contributed by atoms with Gasteiger partial charge in [-0.1, -0.05) is 24.3 Å². The minimum absolute atomic E-state index is 0.000135. The molecule has 1 atom stereocenters. The summed E-state index contributed by atoms with van der Waals surface area (Å²) in [6, 6.07) is 7.06. The highest BCUT2D eigenvalue weighted by Gasteiger charge is 2.09. The summed E-state index contributed by atoms with van der Waals surface area (Å²) in [6.07, 6.45) is 0.877. The molecule has 0 bridgehead atoms. The van der Waals surface area contributed by atoms with E-state index >= 15 is 0 Å². The second-order valence-electron chi connectivity index (χ2n) is 4.09. The fourth-order valence-corrected chi connectivity index (χ4v) is 1.56. The number of rotatable bonds is 6. The first-order valence-corrected chi connectivity index (χ1v) is 5.98. The van der Waals surface area contributed by atoms with Crippen LogP contribution in [0, 0.1) is 0 Å². The van der Waals surface area contributed by atoms with Crippen molar-refractivity contribution in [2.75, 3.05) is 5.88 Å². The summed E-state index contributed by atoms with van der Waals surface area (Å²) in [5.74, 6) is 0.0167. The number of alkyl halides is 1. The van der Waals surface area contributed by atoms with E-state index in [4.69, 9.17) is 17.3 Å². The molecule has 17 heavy (non-hydrogen) atoms. The van der Waals surface area contributed by atoms with Crippen LogP contribution in [0.4, 0.5) is 0 Å². The van der Waals surface area contributed by atoms with Crippen LogP contribution in [0.3, 0.4) is 0 Å². The Morgan fingerprint density at radius 2 is 1.76 bits per heavy atom. The number of hydrogen-bond donors (Lipinski definition) is 1. The van der Waals surface area contributed by atoms with Crippen LogP contribution in [0.5, 0.6) is 0 Å². The molecule has 0 spiro atoms. The molecule has 0 fully saturated rings. The molecule has 3 nitrogen and oxygen atoms in total. The maximum Gasteiger partial charge on any atom is 0.151 e. The Kier molecular flexibility index (Phi) is 5.32. The minimum Gasteiger partial charge on any atom is -0.321 e. The van der Waals surface area contributed by atoms with E-state index in [0.717, 1.165) is 11.1 Å². The van der Waals surface area contributed by atoms with E-state index in [0.29, 0.717) is 12.8 Å². The molecule has 0 radical (unpaired) electrons. The Morgan fingerprint density at radius 1 is 1.24 bits per heavy atom. The van der Waals surface area contributed by atoms with Gasteiger partial charge >= 0.3 is 0 Å². The largest absolute Gasteiger partial charge is 0.321 e. The van der Waals surface area contributed by atoms with Crippen molar-refractivity contribution in [2.45, 2.75) is 25.8 Å². The lowest BCUT2D eigenvalue weighted by atomic mass is 10.0. The van der Waals surface area contributed by atoms with Gasteiger partial charge in [-0.15, -0.1) is 11.6 Å². The minimum atomic E-state index is -0.453. The van der Waals surface area contributed by atoms with E-state index in [1.54, 1.807) is 0 Å². The van der Waals surface area contributed by atoms with Gasteiger partial charge < -0.3 is 5.73 Å². The standard InChI is InChI=1S/C13H16ClNO2/c1-9(16)13(15)7-11-4-2-10(3-5-11)6-12(17)8-14/h2-5,13H,6-8,15H2,1H3. The zero-order chi connectivity index (χ0) is 12.8. The molecule has 1 unspecified atom stereocenters. The van der Waals surface area contributed by atoms with Gasteiger partial charge in [0.05, 0.1) is 11.9 Å². The number of carbonyl (C=O) groups excluding carboxylic acids is 2. The fraction of sp³-hybridized carbons (Fsp3) is 0.385. The third-order valence-corrected chi connectivity index (χ3v) is 2.85. The van der Waals surface area contributed by atoms with Crippen molar-refractivity contribution < 1.29 is 9.59 Å². The predicted octanol–water partition coefficient (Wildman–Crippen LogP) is 1.50. The predicted molar refractivity (Wildman–Crippen MR) is 68.2 cm³/mol. The normalized spacial score (nSPS) is 12.2. The number of Topliss-reactive ketones (excluding diaryl/α,β-unsaturated/α-hetero) is 2. The van der Waals surface area contributed by atoms with Gasteiger partial charge in [-0.2, -0.15) is 0 Å². The molecule has 0 aliphatic rings. The molecule has 1 aromatic carbocycles. The molecule has 0 aliphatic carbocycles. The number of benzene rings is 1. The SMILES string of the molecule is CC(=O)C(N)Cc1ccc(CC(=O)CCl)cc1. The van der Waals surface area contributed by atoms with Crippen LogP contribution in [0.15, 0.2) is 24.3 Å². The first-order chi connectivity index (χ1) is 8.02. The molecule has 0 aromatic heterocycles. The zero-order valence-electron chi connectivity index (χ0n) is 9.78. The van der Waals surface area contributed by atoms with Crippen molar-refractivity contribution in [1.29, 1.82) is 0 Å². The van der Waals surface area contributed by atoms with Crippen LogP contribution in [-0.2, 0) is 22.4 Å². The second-order valence-corrected chi connectivity index (χ2v) is 4.35. The zero-order valence-corrected chi connectivity index (χ0v) is 10.5. The average molecular weight is 254 g/mol. The van der Waals surface area contributed by atoms with E-state index in [1.165, 1.54) is 6.92 Å². The molecular formula is C13H16ClNO2.